The Balaban J connectivity index is 2.03. The third-order valence-electron chi connectivity index (χ3n) is 2.88. The lowest BCUT2D eigenvalue weighted by molar-refractivity contribution is 0.426. The van der Waals surface area contributed by atoms with Crippen LogP contribution in [0.25, 0.3) is 0 Å². The molecular weight excluding hydrogens is 222 g/mol. The van der Waals surface area contributed by atoms with E-state index in [1.807, 2.05) is 0 Å². The van der Waals surface area contributed by atoms with Gasteiger partial charge in [-0.3, -0.25) is 0 Å². The summed E-state index contributed by atoms with van der Waals surface area (Å²) in [4.78, 5) is 0. The van der Waals surface area contributed by atoms with Gasteiger partial charge in [0.15, 0.2) is 0 Å². The zero-order valence-electron chi connectivity index (χ0n) is 9.35. The Morgan fingerprint density at radius 3 is 2.81 bits per heavy atom. The first-order chi connectivity index (χ1) is 7.79. The van der Waals surface area contributed by atoms with Gasteiger partial charge in [-0.2, -0.15) is 5.26 Å². The smallest absolute Gasteiger partial charge is 0.276 e. The monoisotopic (exact) mass is 237 g/mol. The van der Waals surface area contributed by atoms with E-state index in [0.29, 0.717) is 16.4 Å². The highest BCUT2D eigenvalue weighted by molar-refractivity contribution is 7.99. The molecule has 0 amide bonds. The molecule has 0 bridgehead atoms. The number of aryl methyl sites for hydroxylation is 1. The summed E-state index contributed by atoms with van der Waals surface area (Å²) in [5.41, 5.74) is 0. The summed E-state index contributed by atoms with van der Waals surface area (Å²) < 4.78 is 5.35. The molecule has 2 atom stereocenters. The molecule has 0 saturated heterocycles. The van der Waals surface area contributed by atoms with E-state index < -0.39 is 0 Å². The minimum Gasteiger partial charge on any atom is -0.416 e. The number of rotatable bonds is 2. The lowest BCUT2D eigenvalue weighted by Crippen LogP contribution is -2.13. The van der Waals surface area contributed by atoms with Gasteiger partial charge in [0, 0.05) is 12.2 Å². The van der Waals surface area contributed by atoms with E-state index in [1.165, 1.54) is 12.8 Å². The second-order valence-corrected chi connectivity index (χ2v) is 5.31. The first-order valence-corrected chi connectivity index (χ1v) is 6.54. The molecule has 1 aliphatic carbocycles. The van der Waals surface area contributed by atoms with Gasteiger partial charge in [-0.15, -0.1) is 10.2 Å². The van der Waals surface area contributed by atoms with Crippen LogP contribution in [0.3, 0.4) is 0 Å². The largest absolute Gasteiger partial charge is 0.416 e. The summed E-state index contributed by atoms with van der Waals surface area (Å²) in [7, 11) is 0. The van der Waals surface area contributed by atoms with Gasteiger partial charge in [-0.1, -0.05) is 31.0 Å². The van der Waals surface area contributed by atoms with Crippen LogP contribution >= 0.6 is 11.8 Å². The van der Waals surface area contributed by atoms with E-state index >= 15 is 0 Å². The minimum absolute atomic E-state index is 0.125. The maximum Gasteiger partial charge on any atom is 0.276 e. The molecule has 1 aromatic rings. The zero-order valence-corrected chi connectivity index (χ0v) is 10.2. The van der Waals surface area contributed by atoms with E-state index in [0.717, 1.165) is 19.3 Å². The van der Waals surface area contributed by atoms with Crippen molar-refractivity contribution in [2.45, 2.75) is 49.5 Å². The zero-order chi connectivity index (χ0) is 11.4. The highest BCUT2D eigenvalue weighted by atomic mass is 32.2. The first-order valence-electron chi connectivity index (χ1n) is 5.66. The van der Waals surface area contributed by atoms with Crippen LogP contribution in [0.4, 0.5) is 0 Å². The van der Waals surface area contributed by atoms with E-state index in [9.17, 15) is 0 Å². The molecule has 0 spiro atoms. The predicted octanol–water partition coefficient (Wildman–Crippen LogP) is 2.94. The fraction of sp³-hybridized carbons (Fsp3) is 0.727. The Labute approximate surface area is 99.4 Å². The number of hydrogen-bond donors (Lipinski definition) is 0. The van der Waals surface area contributed by atoms with Gasteiger partial charge in [0.2, 0.25) is 5.89 Å². The molecule has 1 saturated carbocycles. The molecule has 4 nitrogen and oxygen atoms in total. The Kier molecular flexibility index (Phi) is 3.83. The highest BCUT2D eigenvalue weighted by Gasteiger charge is 2.26. The summed E-state index contributed by atoms with van der Waals surface area (Å²) >= 11 is 1.57. The van der Waals surface area contributed by atoms with Crippen LogP contribution in [0.1, 0.15) is 38.0 Å². The van der Waals surface area contributed by atoms with Crippen LogP contribution in [0, 0.1) is 24.2 Å². The quantitative estimate of drug-likeness (QED) is 0.740. The van der Waals surface area contributed by atoms with Crippen molar-refractivity contribution >= 4 is 11.8 Å². The normalized spacial score (nSPS) is 26.0. The molecule has 1 aromatic heterocycles. The summed E-state index contributed by atoms with van der Waals surface area (Å²) in [5.74, 6) is 0.712. The summed E-state index contributed by atoms with van der Waals surface area (Å²) in [5, 5.41) is 17.8. The van der Waals surface area contributed by atoms with Gasteiger partial charge < -0.3 is 4.42 Å². The highest BCUT2D eigenvalue weighted by Crippen LogP contribution is 2.35. The number of nitrogens with zero attached hydrogens (tertiary/aromatic N) is 3. The summed E-state index contributed by atoms with van der Waals surface area (Å²) in [6, 6.07) is 2.41. The van der Waals surface area contributed by atoms with E-state index in [2.05, 4.69) is 16.3 Å². The maximum atomic E-state index is 9.14. The lowest BCUT2D eigenvalue weighted by atomic mass is 10.0. The second kappa shape index (κ2) is 5.35. The molecule has 0 N–H and O–H groups in total. The SMILES string of the molecule is Cc1nnc(SC2CCCCCC2C#N)o1. The molecule has 0 radical (unpaired) electrons. The third-order valence-corrected chi connectivity index (χ3v) is 4.11. The standard InChI is InChI=1S/C11H15N3OS/c1-8-13-14-11(15-8)16-10-6-4-2-3-5-9(10)7-12/h9-10H,2-6H2,1H3. The first kappa shape index (κ1) is 11.5. The molecule has 0 aromatic carbocycles. The minimum atomic E-state index is 0.125. The fourth-order valence-electron chi connectivity index (χ4n) is 2.02. The Bertz CT molecular complexity index is 385. The number of nitriles is 1. The van der Waals surface area contributed by atoms with Crippen LogP contribution in [0.2, 0.25) is 0 Å². The molecule has 86 valence electrons. The Morgan fingerprint density at radius 2 is 2.12 bits per heavy atom. The van der Waals surface area contributed by atoms with E-state index in [-0.39, 0.29) is 5.92 Å². The van der Waals surface area contributed by atoms with Crippen molar-refractivity contribution in [2.75, 3.05) is 0 Å². The van der Waals surface area contributed by atoms with Crippen molar-refractivity contribution in [3.05, 3.63) is 5.89 Å². The molecule has 1 fully saturated rings. The molecular formula is C11H15N3OS. The van der Waals surface area contributed by atoms with Gasteiger partial charge in [0.05, 0.1) is 12.0 Å². The van der Waals surface area contributed by atoms with Crippen LogP contribution in [0.5, 0.6) is 0 Å². The predicted molar refractivity (Wildman–Crippen MR) is 60.9 cm³/mol. The van der Waals surface area contributed by atoms with Gasteiger partial charge in [0.25, 0.3) is 5.22 Å². The Hall–Kier alpha value is -1.02. The number of aromatic nitrogens is 2. The van der Waals surface area contributed by atoms with Crippen LogP contribution in [-0.2, 0) is 0 Å². The second-order valence-electron chi connectivity index (χ2n) is 4.12. The topological polar surface area (TPSA) is 62.7 Å². The molecule has 1 aliphatic rings. The summed E-state index contributed by atoms with van der Waals surface area (Å²) in [6.07, 6.45) is 5.67. The van der Waals surface area contributed by atoms with Crippen molar-refractivity contribution in [1.29, 1.82) is 5.26 Å². The fourth-order valence-corrected chi connectivity index (χ4v) is 3.18. The summed E-state index contributed by atoms with van der Waals surface area (Å²) in [6.45, 7) is 1.78. The lowest BCUT2D eigenvalue weighted by Gasteiger charge is -2.15. The number of hydrogen-bond acceptors (Lipinski definition) is 5. The maximum absolute atomic E-state index is 9.14. The molecule has 16 heavy (non-hydrogen) atoms. The van der Waals surface area contributed by atoms with Crippen molar-refractivity contribution in [3.63, 3.8) is 0 Å². The molecule has 5 heteroatoms. The van der Waals surface area contributed by atoms with Gasteiger partial charge in [-0.25, -0.2) is 0 Å². The van der Waals surface area contributed by atoms with E-state index in [1.54, 1.807) is 18.7 Å². The average Bonchev–Trinajstić information content (AvgIpc) is 2.56. The molecule has 1 heterocycles. The van der Waals surface area contributed by atoms with Crippen LogP contribution in [0.15, 0.2) is 9.64 Å². The Morgan fingerprint density at radius 1 is 1.31 bits per heavy atom. The van der Waals surface area contributed by atoms with Gasteiger partial charge in [0.1, 0.15) is 0 Å². The van der Waals surface area contributed by atoms with Crippen molar-refractivity contribution in [1.82, 2.24) is 10.2 Å². The van der Waals surface area contributed by atoms with Crippen molar-refractivity contribution < 1.29 is 4.42 Å². The molecule has 2 unspecified atom stereocenters. The molecule has 0 aliphatic heterocycles. The average molecular weight is 237 g/mol. The van der Waals surface area contributed by atoms with Crippen molar-refractivity contribution in [3.8, 4) is 6.07 Å². The third kappa shape index (κ3) is 2.76. The van der Waals surface area contributed by atoms with E-state index in [4.69, 9.17) is 9.68 Å². The van der Waals surface area contributed by atoms with Gasteiger partial charge >= 0.3 is 0 Å². The van der Waals surface area contributed by atoms with Crippen LogP contribution in [-0.4, -0.2) is 15.4 Å². The molecule has 2 rings (SSSR count). The van der Waals surface area contributed by atoms with Crippen molar-refractivity contribution in [2.24, 2.45) is 5.92 Å². The van der Waals surface area contributed by atoms with Crippen LogP contribution < -0.4 is 0 Å². The van der Waals surface area contributed by atoms with Gasteiger partial charge in [-0.05, 0) is 12.8 Å². The number of thioether (sulfide) groups is 1.